The van der Waals surface area contributed by atoms with E-state index >= 15 is 0 Å². The molecule has 0 unspecified atom stereocenters. The molecule has 4 nitrogen and oxygen atoms in total. The molecule has 0 bridgehead atoms. The summed E-state index contributed by atoms with van der Waals surface area (Å²) in [7, 11) is 0. The zero-order valence-electron chi connectivity index (χ0n) is 13.2. The minimum absolute atomic E-state index is 0.0175. The smallest absolute Gasteiger partial charge is 0.251 e. The first-order valence-electron chi connectivity index (χ1n) is 8.05. The van der Waals surface area contributed by atoms with Crippen molar-refractivity contribution in [2.45, 2.75) is 19.3 Å². The Morgan fingerprint density at radius 1 is 1.08 bits per heavy atom. The van der Waals surface area contributed by atoms with Crippen LogP contribution in [0.4, 0.5) is 10.1 Å². The first-order chi connectivity index (χ1) is 11.6. The van der Waals surface area contributed by atoms with Gasteiger partial charge in [-0.3, -0.25) is 9.59 Å². The van der Waals surface area contributed by atoms with Crippen LogP contribution in [0.15, 0.2) is 48.5 Å². The van der Waals surface area contributed by atoms with Crippen molar-refractivity contribution in [2.75, 3.05) is 11.9 Å². The summed E-state index contributed by atoms with van der Waals surface area (Å²) in [6, 6.07) is 13.1. The highest BCUT2D eigenvalue weighted by molar-refractivity contribution is 5.98. The summed E-state index contributed by atoms with van der Waals surface area (Å²) < 4.78 is 12.8. The van der Waals surface area contributed by atoms with Crippen LogP contribution in [0.5, 0.6) is 0 Å². The van der Waals surface area contributed by atoms with Crippen LogP contribution in [0.1, 0.15) is 28.8 Å². The number of hydrogen-bond donors (Lipinski definition) is 2. The Labute approximate surface area is 140 Å². The molecular formula is C19H19FN2O2. The predicted molar refractivity (Wildman–Crippen MR) is 90.2 cm³/mol. The summed E-state index contributed by atoms with van der Waals surface area (Å²) in [4.78, 5) is 24.0. The summed E-state index contributed by atoms with van der Waals surface area (Å²) in [6.07, 6.45) is 2.51. The van der Waals surface area contributed by atoms with Crippen LogP contribution in [0, 0.1) is 11.7 Å². The molecule has 1 aliphatic rings. The lowest BCUT2D eigenvalue weighted by molar-refractivity contribution is -0.117. The van der Waals surface area contributed by atoms with E-state index in [4.69, 9.17) is 0 Å². The Balaban J connectivity index is 1.52. The van der Waals surface area contributed by atoms with E-state index in [-0.39, 0.29) is 23.5 Å². The number of benzene rings is 2. The molecule has 24 heavy (non-hydrogen) atoms. The molecule has 124 valence electrons. The third-order valence-electron chi connectivity index (χ3n) is 3.95. The Bertz CT molecular complexity index is 739. The molecule has 2 N–H and O–H groups in total. The molecule has 2 aromatic rings. The normalized spacial score (nSPS) is 13.4. The third kappa shape index (κ3) is 4.41. The fourth-order valence-electron chi connectivity index (χ4n) is 2.40. The zero-order valence-corrected chi connectivity index (χ0v) is 13.2. The SMILES string of the molecule is O=C(NCCc1ccc(F)cc1)c1cccc(NC(=O)C2CC2)c1. The van der Waals surface area contributed by atoms with Gasteiger partial charge in [0.15, 0.2) is 0 Å². The molecule has 0 spiro atoms. The molecule has 0 radical (unpaired) electrons. The topological polar surface area (TPSA) is 58.2 Å². The highest BCUT2D eigenvalue weighted by atomic mass is 19.1. The average Bonchev–Trinajstić information content (AvgIpc) is 3.42. The molecule has 2 aromatic carbocycles. The van der Waals surface area contributed by atoms with Gasteiger partial charge in [0.1, 0.15) is 5.82 Å². The highest BCUT2D eigenvalue weighted by Crippen LogP contribution is 2.30. The van der Waals surface area contributed by atoms with E-state index in [0.717, 1.165) is 18.4 Å². The van der Waals surface area contributed by atoms with E-state index < -0.39 is 0 Å². The van der Waals surface area contributed by atoms with E-state index in [0.29, 0.717) is 24.2 Å². The Morgan fingerprint density at radius 3 is 2.54 bits per heavy atom. The van der Waals surface area contributed by atoms with Crippen molar-refractivity contribution in [2.24, 2.45) is 5.92 Å². The van der Waals surface area contributed by atoms with Gasteiger partial charge in [-0.1, -0.05) is 18.2 Å². The molecule has 1 saturated carbocycles. The molecular weight excluding hydrogens is 307 g/mol. The molecule has 1 fully saturated rings. The number of anilines is 1. The van der Waals surface area contributed by atoms with Gasteiger partial charge in [-0.15, -0.1) is 0 Å². The number of hydrogen-bond acceptors (Lipinski definition) is 2. The van der Waals surface area contributed by atoms with Crippen molar-refractivity contribution in [3.8, 4) is 0 Å². The lowest BCUT2D eigenvalue weighted by Crippen LogP contribution is -2.25. The van der Waals surface area contributed by atoms with Gasteiger partial charge in [0.25, 0.3) is 5.91 Å². The number of halogens is 1. The van der Waals surface area contributed by atoms with Gasteiger partial charge < -0.3 is 10.6 Å². The van der Waals surface area contributed by atoms with Crippen molar-refractivity contribution in [3.05, 3.63) is 65.5 Å². The van der Waals surface area contributed by atoms with E-state index in [1.165, 1.54) is 12.1 Å². The first-order valence-corrected chi connectivity index (χ1v) is 8.05. The maximum atomic E-state index is 12.8. The van der Waals surface area contributed by atoms with Crippen molar-refractivity contribution in [3.63, 3.8) is 0 Å². The molecule has 0 atom stereocenters. The number of carbonyl (C=O) groups is 2. The second-order valence-electron chi connectivity index (χ2n) is 5.98. The fourth-order valence-corrected chi connectivity index (χ4v) is 2.40. The van der Waals surface area contributed by atoms with Crippen molar-refractivity contribution in [1.29, 1.82) is 0 Å². The van der Waals surface area contributed by atoms with Crippen LogP contribution in [-0.2, 0) is 11.2 Å². The lowest BCUT2D eigenvalue weighted by atomic mass is 10.1. The van der Waals surface area contributed by atoms with Gasteiger partial charge >= 0.3 is 0 Å². The summed E-state index contributed by atoms with van der Waals surface area (Å²) in [5.74, 6) is -0.325. The van der Waals surface area contributed by atoms with Crippen LogP contribution < -0.4 is 10.6 Å². The van der Waals surface area contributed by atoms with Crippen LogP contribution in [-0.4, -0.2) is 18.4 Å². The lowest BCUT2D eigenvalue weighted by Gasteiger charge is -2.08. The summed E-state index contributed by atoms with van der Waals surface area (Å²) >= 11 is 0. The first kappa shape index (κ1) is 16.2. The van der Waals surface area contributed by atoms with Gasteiger partial charge in [0.2, 0.25) is 5.91 Å². The molecule has 3 rings (SSSR count). The minimum atomic E-state index is -0.271. The van der Waals surface area contributed by atoms with Crippen molar-refractivity contribution < 1.29 is 14.0 Å². The van der Waals surface area contributed by atoms with Gasteiger partial charge in [-0.05, 0) is 55.2 Å². The van der Waals surface area contributed by atoms with E-state index in [9.17, 15) is 14.0 Å². The quantitative estimate of drug-likeness (QED) is 0.857. The fraction of sp³-hybridized carbons (Fsp3) is 0.263. The van der Waals surface area contributed by atoms with Crippen LogP contribution in [0.3, 0.4) is 0 Å². The van der Waals surface area contributed by atoms with E-state index in [2.05, 4.69) is 10.6 Å². The summed E-state index contributed by atoms with van der Waals surface area (Å²) in [5.41, 5.74) is 2.10. The molecule has 0 heterocycles. The Kier molecular flexibility index (Phi) is 4.89. The summed E-state index contributed by atoms with van der Waals surface area (Å²) in [5, 5.41) is 5.66. The van der Waals surface area contributed by atoms with Crippen LogP contribution in [0.2, 0.25) is 0 Å². The maximum absolute atomic E-state index is 12.8. The second-order valence-corrected chi connectivity index (χ2v) is 5.98. The largest absolute Gasteiger partial charge is 0.352 e. The predicted octanol–water partition coefficient (Wildman–Crippen LogP) is 3.15. The van der Waals surface area contributed by atoms with Crippen molar-refractivity contribution >= 4 is 17.5 Å². The van der Waals surface area contributed by atoms with Gasteiger partial charge in [-0.25, -0.2) is 4.39 Å². The monoisotopic (exact) mass is 326 g/mol. The third-order valence-corrected chi connectivity index (χ3v) is 3.95. The zero-order chi connectivity index (χ0) is 16.9. The Hall–Kier alpha value is -2.69. The molecule has 0 aliphatic heterocycles. The summed E-state index contributed by atoms with van der Waals surface area (Å²) in [6.45, 7) is 0.461. The number of amides is 2. The standard InChI is InChI=1S/C19H19FN2O2/c20-16-8-4-13(5-9-16)10-11-21-18(23)15-2-1-3-17(12-15)22-19(24)14-6-7-14/h1-5,8-9,12,14H,6-7,10-11H2,(H,21,23)(H,22,24). The van der Waals surface area contributed by atoms with E-state index in [1.807, 2.05) is 0 Å². The minimum Gasteiger partial charge on any atom is -0.352 e. The average molecular weight is 326 g/mol. The van der Waals surface area contributed by atoms with Gasteiger partial charge in [-0.2, -0.15) is 0 Å². The molecule has 1 aliphatic carbocycles. The molecule has 5 heteroatoms. The number of rotatable bonds is 6. The van der Waals surface area contributed by atoms with Gasteiger partial charge in [0.05, 0.1) is 0 Å². The van der Waals surface area contributed by atoms with Gasteiger partial charge in [0, 0.05) is 23.7 Å². The highest BCUT2D eigenvalue weighted by Gasteiger charge is 2.29. The molecule has 0 saturated heterocycles. The second kappa shape index (κ2) is 7.25. The number of carbonyl (C=O) groups excluding carboxylic acids is 2. The molecule has 2 amide bonds. The van der Waals surface area contributed by atoms with Crippen LogP contribution in [0.25, 0.3) is 0 Å². The number of nitrogens with one attached hydrogen (secondary N) is 2. The van der Waals surface area contributed by atoms with E-state index in [1.54, 1.807) is 36.4 Å². The molecule has 0 aromatic heterocycles. The Morgan fingerprint density at radius 2 is 1.83 bits per heavy atom. The van der Waals surface area contributed by atoms with Crippen molar-refractivity contribution in [1.82, 2.24) is 5.32 Å². The maximum Gasteiger partial charge on any atom is 0.251 e. The van der Waals surface area contributed by atoms with Crippen LogP contribution >= 0.6 is 0 Å².